The third-order valence-electron chi connectivity index (χ3n) is 4.06. The molecular formula is C20H18N2O6. The molecule has 0 spiro atoms. The Morgan fingerprint density at radius 3 is 2.14 bits per heavy atom. The number of imide groups is 1. The largest absolute Gasteiger partial charge is 0.484 e. The van der Waals surface area contributed by atoms with Crippen LogP contribution in [0.3, 0.4) is 0 Å². The minimum atomic E-state index is -0.970. The SMILES string of the molecule is CC(NC(=O)COc1ccccc1)C(=O)OCN1C(=O)c2ccccc2C1=O. The van der Waals surface area contributed by atoms with Gasteiger partial charge in [0.1, 0.15) is 11.8 Å². The first kappa shape index (κ1) is 19.1. The Morgan fingerprint density at radius 2 is 1.54 bits per heavy atom. The van der Waals surface area contributed by atoms with Crippen LogP contribution in [0.25, 0.3) is 0 Å². The first-order valence-electron chi connectivity index (χ1n) is 8.56. The molecule has 1 unspecified atom stereocenters. The fourth-order valence-corrected chi connectivity index (χ4v) is 2.62. The van der Waals surface area contributed by atoms with Crippen molar-refractivity contribution in [1.82, 2.24) is 10.2 Å². The minimum Gasteiger partial charge on any atom is -0.484 e. The van der Waals surface area contributed by atoms with E-state index in [-0.39, 0.29) is 17.7 Å². The van der Waals surface area contributed by atoms with Crippen molar-refractivity contribution in [1.29, 1.82) is 0 Å². The predicted octanol–water partition coefficient (Wildman–Crippen LogP) is 1.37. The highest BCUT2D eigenvalue weighted by Gasteiger charge is 2.36. The summed E-state index contributed by atoms with van der Waals surface area (Å²) < 4.78 is 10.3. The van der Waals surface area contributed by atoms with E-state index in [0.717, 1.165) is 4.90 Å². The Bertz CT molecular complexity index is 877. The van der Waals surface area contributed by atoms with E-state index in [9.17, 15) is 19.2 Å². The zero-order valence-corrected chi connectivity index (χ0v) is 15.1. The zero-order valence-electron chi connectivity index (χ0n) is 15.1. The lowest BCUT2D eigenvalue weighted by Crippen LogP contribution is -2.43. The van der Waals surface area contributed by atoms with Gasteiger partial charge in [-0.1, -0.05) is 30.3 Å². The predicted molar refractivity (Wildman–Crippen MR) is 97.4 cm³/mol. The second kappa shape index (κ2) is 8.34. The number of nitrogens with one attached hydrogen (secondary N) is 1. The minimum absolute atomic E-state index is 0.264. The van der Waals surface area contributed by atoms with Gasteiger partial charge in [0, 0.05) is 0 Å². The lowest BCUT2D eigenvalue weighted by atomic mass is 10.1. The van der Waals surface area contributed by atoms with Gasteiger partial charge in [-0.05, 0) is 31.2 Å². The van der Waals surface area contributed by atoms with Gasteiger partial charge in [0.05, 0.1) is 11.1 Å². The van der Waals surface area contributed by atoms with E-state index in [0.29, 0.717) is 5.75 Å². The van der Waals surface area contributed by atoms with E-state index in [1.807, 2.05) is 6.07 Å². The molecule has 1 aliphatic rings. The number of para-hydroxylation sites is 1. The Morgan fingerprint density at radius 1 is 0.964 bits per heavy atom. The fraction of sp³-hybridized carbons (Fsp3) is 0.200. The number of nitrogens with zero attached hydrogens (tertiary/aromatic N) is 1. The number of rotatable bonds is 7. The van der Waals surface area contributed by atoms with Crippen molar-refractivity contribution < 1.29 is 28.7 Å². The zero-order chi connectivity index (χ0) is 20.1. The smallest absolute Gasteiger partial charge is 0.330 e. The summed E-state index contributed by atoms with van der Waals surface area (Å²) in [7, 11) is 0. The maximum Gasteiger partial charge on any atom is 0.330 e. The highest BCUT2D eigenvalue weighted by molar-refractivity contribution is 6.21. The summed E-state index contributed by atoms with van der Waals surface area (Å²) in [6.45, 7) is 0.650. The Balaban J connectivity index is 1.46. The van der Waals surface area contributed by atoms with Crippen molar-refractivity contribution in [3.8, 4) is 5.75 Å². The van der Waals surface area contributed by atoms with Crippen molar-refractivity contribution in [2.24, 2.45) is 0 Å². The van der Waals surface area contributed by atoms with E-state index in [1.54, 1.807) is 36.4 Å². The number of benzene rings is 2. The summed E-state index contributed by atoms with van der Waals surface area (Å²) in [5.74, 6) is -1.81. The summed E-state index contributed by atoms with van der Waals surface area (Å²) in [5.41, 5.74) is 0.533. The van der Waals surface area contributed by atoms with Gasteiger partial charge >= 0.3 is 5.97 Å². The quantitative estimate of drug-likeness (QED) is 0.573. The number of amides is 3. The number of ether oxygens (including phenoxy) is 2. The van der Waals surface area contributed by atoms with Crippen LogP contribution >= 0.6 is 0 Å². The van der Waals surface area contributed by atoms with E-state index >= 15 is 0 Å². The molecule has 2 aromatic rings. The number of carbonyl (C=O) groups is 4. The lowest BCUT2D eigenvalue weighted by molar-refractivity contribution is -0.150. The number of carbonyl (C=O) groups excluding carboxylic acids is 4. The molecule has 3 rings (SSSR count). The standard InChI is InChI=1S/C20H18N2O6/c1-13(21-17(23)11-27-14-7-3-2-4-8-14)20(26)28-12-22-18(24)15-9-5-6-10-16(15)19(22)25/h2-10,13H,11-12H2,1H3,(H,21,23). The molecular weight excluding hydrogens is 364 g/mol. The molecule has 0 saturated heterocycles. The molecule has 1 heterocycles. The summed E-state index contributed by atoms with van der Waals surface area (Å²) in [6, 6.07) is 14.2. The van der Waals surface area contributed by atoms with Crippen molar-refractivity contribution in [3.63, 3.8) is 0 Å². The van der Waals surface area contributed by atoms with Crippen molar-refractivity contribution >= 4 is 23.7 Å². The van der Waals surface area contributed by atoms with Crippen LogP contribution in [0.4, 0.5) is 0 Å². The van der Waals surface area contributed by atoms with Crippen LogP contribution in [0.15, 0.2) is 54.6 Å². The molecule has 0 aromatic heterocycles. The number of hydrogen-bond donors (Lipinski definition) is 1. The van der Waals surface area contributed by atoms with Gasteiger partial charge in [-0.25, -0.2) is 9.69 Å². The molecule has 0 fully saturated rings. The molecule has 2 aromatic carbocycles. The number of hydrogen-bond acceptors (Lipinski definition) is 6. The highest BCUT2D eigenvalue weighted by Crippen LogP contribution is 2.22. The second-order valence-corrected chi connectivity index (χ2v) is 6.07. The average molecular weight is 382 g/mol. The molecule has 1 atom stereocenters. The number of esters is 1. The van der Waals surface area contributed by atoms with Crippen LogP contribution in [0.2, 0.25) is 0 Å². The van der Waals surface area contributed by atoms with Gasteiger partial charge in [-0.2, -0.15) is 0 Å². The Hall–Kier alpha value is -3.68. The molecule has 1 aliphatic heterocycles. The van der Waals surface area contributed by atoms with Gasteiger partial charge in [0.25, 0.3) is 17.7 Å². The van der Waals surface area contributed by atoms with Crippen molar-refractivity contribution in [3.05, 3.63) is 65.7 Å². The van der Waals surface area contributed by atoms with Crippen LogP contribution in [0.1, 0.15) is 27.6 Å². The van der Waals surface area contributed by atoms with Crippen LogP contribution in [-0.4, -0.2) is 48.0 Å². The molecule has 8 heteroatoms. The van der Waals surface area contributed by atoms with Gasteiger partial charge < -0.3 is 14.8 Å². The molecule has 0 saturated carbocycles. The molecule has 8 nitrogen and oxygen atoms in total. The van der Waals surface area contributed by atoms with Crippen LogP contribution in [0, 0.1) is 0 Å². The maximum atomic E-state index is 12.2. The first-order valence-corrected chi connectivity index (χ1v) is 8.56. The van der Waals surface area contributed by atoms with E-state index in [1.165, 1.54) is 19.1 Å². The second-order valence-electron chi connectivity index (χ2n) is 6.07. The number of fused-ring (bicyclic) bond motifs is 1. The fourth-order valence-electron chi connectivity index (χ4n) is 2.62. The van der Waals surface area contributed by atoms with Gasteiger partial charge in [-0.3, -0.25) is 14.4 Å². The first-order chi connectivity index (χ1) is 13.5. The molecule has 0 radical (unpaired) electrons. The van der Waals surface area contributed by atoms with E-state index < -0.39 is 36.5 Å². The van der Waals surface area contributed by atoms with Crippen LogP contribution in [-0.2, 0) is 14.3 Å². The maximum absolute atomic E-state index is 12.2. The summed E-state index contributed by atoms with van der Waals surface area (Å²) in [6.07, 6.45) is 0. The molecule has 0 bridgehead atoms. The monoisotopic (exact) mass is 382 g/mol. The molecule has 0 aliphatic carbocycles. The van der Waals surface area contributed by atoms with Gasteiger partial charge in [0.2, 0.25) is 0 Å². The topological polar surface area (TPSA) is 102 Å². The third kappa shape index (κ3) is 4.17. The van der Waals surface area contributed by atoms with Crippen LogP contribution < -0.4 is 10.1 Å². The van der Waals surface area contributed by atoms with Crippen molar-refractivity contribution in [2.75, 3.05) is 13.3 Å². The normalized spacial score (nSPS) is 13.7. The van der Waals surface area contributed by atoms with Gasteiger partial charge in [0.15, 0.2) is 13.3 Å². The molecule has 3 amide bonds. The van der Waals surface area contributed by atoms with E-state index in [2.05, 4.69) is 5.32 Å². The van der Waals surface area contributed by atoms with Crippen LogP contribution in [0.5, 0.6) is 5.75 Å². The van der Waals surface area contributed by atoms with Crippen molar-refractivity contribution in [2.45, 2.75) is 13.0 Å². The van der Waals surface area contributed by atoms with Gasteiger partial charge in [-0.15, -0.1) is 0 Å². The molecule has 1 N–H and O–H groups in total. The average Bonchev–Trinajstić information content (AvgIpc) is 2.96. The molecule has 144 valence electrons. The summed E-state index contributed by atoms with van der Waals surface area (Å²) in [5, 5.41) is 2.44. The lowest BCUT2D eigenvalue weighted by Gasteiger charge is -2.17. The Kier molecular flexibility index (Phi) is 5.69. The summed E-state index contributed by atoms with van der Waals surface area (Å²) in [4.78, 5) is 49.2. The Labute approximate surface area is 161 Å². The van der Waals surface area contributed by atoms with E-state index in [4.69, 9.17) is 9.47 Å². The highest BCUT2D eigenvalue weighted by atomic mass is 16.5. The molecule has 28 heavy (non-hydrogen) atoms. The summed E-state index contributed by atoms with van der Waals surface area (Å²) >= 11 is 0. The third-order valence-corrected chi connectivity index (χ3v) is 4.06.